The summed E-state index contributed by atoms with van der Waals surface area (Å²) in [7, 11) is 5.85. The van der Waals surface area contributed by atoms with Crippen molar-refractivity contribution in [1.29, 1.82) is 0 Å². The van der Waals surface area contributed by atoms with Gasteiger partial charge in [-0.25, -0.2) is 15.0 Å². The van der Waals surface area contributed by atoms with Gasteiger partial charge in [-0.15, -0.1) is 11.3 Å². The van der Waals surface area contributed by atoms with Gasteiger partial charge in [-0.05, 0) is 50.8 Å². The molecule has 9 nitrogen and oxygen atoms in total. The normalized spacial score (nSPS) is 20.1. The molecule has 2 saturated heterocycles. The zero-order valence-corrected chi connectivity index (χ0v) is 24.2. The Hall–Kier alpha value is -2.82. The summed E-state index contributed by atoms with van der Waals surface area (Å²) in [6.45, 7) is 6.88. The second-order valence-corrected chi connectivity index (χ2v) is 12.6. The molecule has 10 heteroatoms. The quantitative estimate of drug-likeness (QED) is 0.485. The van der Waals surface area contributed by atoms with Crippen molar-refractivity contribution in [3.63, 3.8) is 0 Å². The van der Waals surface area contributed by atoms with Gasteiger partial charge in [0, 0.05) is 65.0 Å². The van der Waals surface area contributed by atoms with E-state index in [4.69, 9.17) is 9.97 Å². The number of rotatable bonds is 6. The highest BCUT2D eigenvalue weighted by atomic mass is 32.1. The number of pyridine rings is 1. The molecule has 3 aromatic heterocycles. The fourth-order valence-corrected chi connectivity index (χ4v) is 7.58. The SMILES string of the molecule is CN1CCN(C2CCN(c3ccc(Nc4ncc5sc(C(=O)N(C)C)c(C6CCCC6)c5n4)nc3)CC2)CC1. The molecule has 3 fully saturated rings. The van der Waals surface area contributed by atoms with E-state index in [0.717, 1.165) is 52.4 Å². The average Bonchev–Trinajstić information content (AvgIpc) is 3.61. The molecular weight excluding hydrogens is 508 g/mol. The number of hydrogen-bond acceptors (Lipinski definition) is 9. The number of anilines is 3. The van der Waals surface area contributed by atoms with Gasteiger partial charge in [0.1, 0.15) is 5.82 Å². The molecule has 0 unspecified atom stereocenters. The smallest absolute Gasteiger partial charge is 0.263 e. The Morgan fingerprint density at radius 1 is 0.974 bits per heavy atom. The molecule has 0 radical (unpaired) electrons. The highest BCUT2D eigenvalue weighted by Gasteiger charge is 2.30. The molecule has 3 aliphatic rings. The molecule has 3 aromatic rings. The van der Waals surface area contributed by atoms with Crippen LogP contribution >= 0.6 is 11.3 Å². The zero-order valence-electron chi connectivity index (χ0n) is 23.4. The molecule has 1 aliphatic carbocycles. The monoisotopic (exact) mass is 548 g/mol. The average molecular weight is 549 g/mol. The lowest BCUT2D eigenvalue weighted by molar-refractivity contribution is 0.0831. The lowest BCUT2D eigenvalue weighted by atomic mass is 9.96. The number of nitrogens with zero attached hydrogens (tertiary/aromatic N) is 7. The van der Waals surface area contributed by atoms with Crippen molar-refractivity contribution >= 4 is 44.9 Å². The van der Waals surface area contributed by atoms with Gasteiger partial charge in [0.15, 0.2) is 0 Å². The summed E-state index contributed by atoms with van der Waals surface area (Å²) in [6.07, 6.45) is 10.9. The predicted octanol–water partition coefficient (Wildman–Crippen LogP) is 4.41. The summed E-state index contributed by atoms with van der Waals surface area (Å²) in [5, 5.41) is 3.31. The third-order valence-electron chi connectivity index (χ3n) is 8.70. The van der Waals surface area contributed by atoms with E-state index in [0.29, 0.717) is 17.9 Å². The fraction of sp³-hybridized carbons (Fsp3) is 0.586. The number of piperidine rings is 1. The number of aromatic nitrogens is 3. The predicted molar refractivity (Wildman–Crippen MR) is 158 cm³/mol. The molecule has 0 atom stereocenters. The molecular formula is C29H40N8OS. The van der Waals surface area contributed by atoms with Crippen molar-refractivity contribution < 1.29 is 4.79 Å². The summed E-state index contributed by atoms with van der Waals surface area (Å²) in [5.74, 6) is 1.70. The van der Waals surface area contributed by atoms with E-state index in [-0.39, 0.29) is 5.91 Å². The first kappa shape index (κ1) is 26.4. The molecule has 0 spiro atoms. The molecule has 2 aliphatic heterocycles. The summed E-state index contributed by atoms with van der Waals surface area (Å²) in [4.78, 5) is 37.2. The van der Waals surface area contributed by atoms with E-state index < -0.39 is 0 Å². The summed E-state index contributed by atoms with van der Waals surface area (Å²) >= 11 is 1.52. The Balaban J connectivity index is 1.14. The van der Waals surface area contributed by atoms with Gasteiger partial charge in [0.05, 0.1) is 33.2 Å². The molecule has 6 rings (SSSR count). The Bertz CT molecular complexity index is 1290. The molecule has 39 heavy (non-hydrogen) atoms. The van der Waals surface area contributed by atoms with E-state index in [1.165, 1.54) is 68.9 Å². The number of fused-ring (bicyclic) bond motifs is 1. The van der Waals surface area contributed by atoms with Gasteiger partial charge in [0.2, 0.25) is 5.95 Å². The Morgan fingerprint density at radius 2 is 1.72 bits per heavy atom. The third kappa shape index (κ3) is 5.60. The number of piperazine rings is 1. The van der Waals surface area contributed by atoms with Crippen LogP contribution in [0.2, 0.25) is 0 Å². The molecule has 0 aromatic carbocycles. The Kier molecular flexibility index (Phi) is 7.68. The highest BCUT2D eigenvalue weighted by molar-refractivity contribution is 7.21. The molecule has 1 N–H and O–H groups in total. The first-order valence-corrected chi connectivity index (χ1v) is 15.2. The van der Waals surface area contributed by atoms with Crippen molar-refractivity contribution in [2.24, 2.45) is 0 Å². The lowest BCUT2D eigenvalue weighted by Crippen LogP contribution is -2.52. The van der Waals surface area contributed by atoms with E-state index in [9.17, 15) is 4.79 Å². The van der Waals surface area contributed by atoms with Gasteiger partial charge in [-0.3, -0.25) is 9.69 Å². The molecule has 1 amide bonds. The first-order valence-electron chi connectivity index (χ1n) is 14.4. The minimum atomic E-state index is 0.0548. The minimum Gasteiger partial charge on any atom is -0.370 e. The Labute approximate surface area is 235 Å². The van der Waals surface area contributed by atoms with Crippen LogP contribution < -0.4 is 10.2 Å². The van der Waals surface area contributed by atoms with Crippen molar-refractivity contribution in [3.8, 4) is 0 Å². The van der Waals surface area contributed by atoms with Crippen LogP contribution in [0.3, 0.4) is 0 Å². The van der Waals surface area contributed by atoms with Crippen LogP contribution in [0.25, 0.3) is 10.2 Å². The maximum atomic E-state index is 13.0. The van der Waals surface area contributed by atoms with Crippen molar-refractivity contribution in [2.75, 3.05) is 70.6 Å². The molecule has 0 bridgehead atoms. The van der Waals surface area contributed by atoms with Crippen LogP contribution in [0.5, 0.6) is 0 Å². The molecule has 208 valence electrons. The summed E-state index contributed by atoms with van der Waals surface area (Å²) in [5.41, 5.74) is 3.19. The number of nitrogens with one attached hydrogen (secondary N) is 1. The second kappa shape index (κ2) is 11.3. The first-order chi connectivity index (χ1) is 19.0. The second-order valence-electron chi connectivity index (χ2n) is 11.5. The van der Waals surface area contributed by atoms with Gasteiger partial charge in [0.25, 0.3) is 5.91 Å². The van der Waals surface area contributed by atoms with Crippen LogP contribution in [0.4, 0.5) is 17.5 Å². The van der Waals surface area contributed by atoms with E-state index in [1.807, 2.05) is 32.6 Å². The number of likely N-dealkylation sites (N-methyl/N-ethyl adjacent to an activating group) is 1. The standard InChI is InChI=1S/C29H40N8OS/c1-34(2)28(38)27-25(20-6-4-5-7-20)26-23(39-27)19-31-29(33-26)32-24-9-8-22(18-30-24)36-12-10-21(11-13-36)37-16-14-35(3)15-17-37/h8-9,18-21H,4-7,10-17H2,1-3H3,(H,30,31,32,33). The molecule has 1 saturated carbocycles. The van der Waals surface area contributed by atoms with Gasteiger partial charge < -0.3 is 20.0 Å². The van der Waals surface area contributed by atoms with E-state index in [1.54, 1.807) is 4.90 Å². The molecule has 5 heterocycles. The lowest BCUT2D eigenvalue weighted by Gasteiger charge is -2.42. The third-order valence-corrected chi connectivity index (χ3v) is 9.82. The van der Waals surface area contributed by atoms with Crippen LogP contribution in [0, 0.1) is 0 Å². The maximum Gasteiger partial charge on any atom is 0.263 e. The van der Waals surface area contributed by atoms with Crippen LogP contribution in [-0.4, -0.2) is 102 Å². The van der Waals surface area contributed by atoms with Gasteiger partial charge in [-0.2, -0.15) is 0 Å². The topological polar surface area (TPSA) is 80.7 Å². The van der Waals surface area contributed by atoms with Crippen molar-refractivity contribution in [1.82, 2.24) is 29.7 Å². The summed E-state index contributed by atoms with van der Waals surface area (Å²) in [6, 6.07) is 4.87. The fourth-order valence-electron chi connectivity index (χ4n) is 6.36. The van der Waals surface area contributed by atoms with Crippen LogP contribution in [-0.2, 0) is 0 Å². The zero-order chi connectivity index (χ0) is 26.9. The largest absolute Gasteiger partial charge is 0.370 e. The number of carbonyl (C=O) groups is 1. The van der Waals surface area contributed by atoms with E-state index in [2.05, 4.69) is 38.1 Å². The summed E-state index contributed by atoms with van der Waals surface area (Å²) < 4.78 is 0.968. The van der Waals surface area contributed by atoms with Gasteiger partial charge in [-0.1, -0.05) is 12.8 Å². The number of thiophene rings is 1. The maximum absolute atomic E-state index is 13.0. The highest BCUT2D eigenvalue weighted by Crippen LogP contribution is 2.43. The number of amides is 1. The van der Waals surface area contributed by atoms with E-state index >= 15 is 0 Å². The number of carbonyl (C=O) groups excluding carboxylic acids is 1. The van der Waals surface area contributed by atoms with Gasteiger partial charge >= 0.3 is 0 Å². The van der Waals surface area contributed by atoms with Crippen molar-refractivity contribution in [2.45, 2.75) is 50.5 Å². The number of hydrogen-bond donors (Lipinski definition) is 1. The minimum absolute atomic E-state index is 0.0548. The Morgan fingerprint density at radius 3 is 2.38 bits per heavy atom. The van der Waals surface area contributed by atoms with Crippen LogP contribution in [0.15, 0.2) is 24.5 Å². The van der Waals surface area contributed by atoms with Crippen LogP contribution in [0.1, 0.15) is 59.7 Å². The van der Waals surface area contributed by atoms with Crippen molar-refractivity contribution in [3.05, 3.63) is 35.0 Å².